The van der Waals surface area contributed by atoms with E-state index in [1.807, 2.05) is 0 Å². The molecule has 0 rings (SSSR count). The lowest BCUT2D eigenvalue weighted by Gasteiger charge is -2.53. The fraction of sp³-hybridized carbons (Fsp3) is 1.00. The van der Waals surface area contributed by atoms with Gasteiger partial charge < -0.3 is 0 Å². The molecule has 0 amide bonds. The molecule has 24 heavy (non-hydrogen) atoms. The van der Waals surface area contributed by atoms with E-state index < -0.39 is 0 Å². The van der Waals surface area contributed by atoms with E-state index in [-0.39, 0.29) is 0 Å². The van der Waals surface area contributed by atoms with Gasteiger partial charge in [0.2, 0.25) is 0 Å². The molecule has 0 bridgehead atoms. The maximum Gasteiger partial charge on any atom is -0.0264 e. The van der Waals surface area contributed by atoms with Crippen molar-refractivity contribution in [3.05, 3.63) is 0 Å². The molecule has 0 aliphatic heterocycles. The van der Waals surface area contributed by atoms with Crippen LogP contribution in [0.2, 0.25) is 0 Å². The first-order valence-corrected chi connectivity index (χ1v) is 11.6. The molecular formula is C24H50. The second-order valence-electron chi connectivity index (χ2n) is 8.57. The normalized spacial score (nSPS) is 13.0. The Morgan fingerprint density at radius 1 is 0.417 bits per heavy atom. The molecule has 0 heterocycles. The van der Waals surface area contributed by atoms with Gasteiger partial charge in [0.05, 0.1) is 0 Å². The molecule has 0 saturated heterocycles. The molecule has 0 saturated carbocycles. The lowest BCUT2D eigenvalue weighted by atomic mass is 9.52. The predicted octanol–water partition coefficient (Wildman–Crippen LogP) is 9.18. The van der Waals surface area contributed by atoms with Crippen LogP contribution in [0.3, 0.4) is 0 Å². The van der Waals surface area contributed by atoms with Gasteiger partial charge in [-0.15, -0.1) is 0 Å². The molecule has 0 aromatic rings. The van der Waals surface area contributed by atoms with Crippen LogP contribution in [0, 0.1) is 16.7 Å². The Balaban J connectivity index is 6.05. The molecule has 0 aromatic heterocycles. The third-order valence-electron chi connectivity index (χ3n) is 6.54. The molecule has 0 heteroatoms. The standard InChI is InChI=1S/C24H50/c1-8-15-22(23(16-9-2,17-10-3)18-11-4)24(19-12-5,20-13-6)21-14-7/h22H,8-21H2,1-7H3. The summed E-state index contributed by atoms with van der Waals surface area (Å²) in [4.78, 5) is 0. The second-order valence-corrected chi connectivity index (χ2v) is 8.57. The molecule has 146 valence electrons. The lowest BCUT2D eigenvalue weighted by Crippen LogP contribution is -2.43. The molecule has 0 spiro atoms. The van der Waals surface area contributed by atoms with Crippen molar-refractivity contribution in [3.63, 3.8) is 0 Å². The fourth-order valence-electron chi connectivity index (χ4n) is 6.33. The Labute approximate surface area is 155 Å². The van der Waals surface area contributed by atoms with E-state index in [0.29, 0.717) is 10.8 Å². The topological polar surface area (TPSA) is 0 Å². The molecule has 0 unspecified atom stereocenters. The molecule has 0 aliphatic carbocycles. The van der Waals surface area contributed by atoms with E-state index in [0.717, 1.165) is 5.92 Å². The van der Waals surface area contributed by atoms with Crippen LogP contribution in [0.25, 0.3) is 0 Å². The van der Waals surface area contributed by atoms with E-state index in [4.69, 9.17) is 0 Å². The van der Waals surface area contributed by atoms with Crippen LogP contribution in [0.1, 0.15) is 138 Å². The van der Waals surface area contributed by atoms with E-state index in [9.17, 15) is 0 Å². The van der Waals surface area contributed by atoms with Crippen LogP contribution in [0.4, 0.5) is 0 Å². The van der Waals surface area contributed by atoms with Crippen LogP contribution < -0.4 is 0 Å². The van der Waals surface area contributed by atoms with Crippen molar-refractivity contribution in [3.8, 4) is 0 Å². The summed E-state index contributed by atoms with van der Waals surface area (Å²) in [6, 6.07) is 0. The zero-order valence-electron chi connectivity index (χ0n) is 18.5. The average molecular weight is 339 g/mol. The largest absolute Gasteiger partial charge is 0.0654 e. The Hall–Kier alpha value is 0. The first kappa shape index (κ1) is 24.0. The predicted molar refractivity (Wildman–Crippen MR) is 113 cm³/mol. The molecule has 0 aromatic carbocycles. The minimum Gasteiger partial charge on any atom is -0.0654 e. The van der Waals surface area contributed by atoms with Gasteiger partial charge in [-0.05, 0) is 61.7 Å². The third-order valence-corrected chi connectivity index (χ3v) is 6.54. The lowest BCUT2D eigenvalue weighted by molar-refractivity contribution is -0.0285. The number of rotatable bonds is 16. The van der Waals surface area contributed by atoms with Gasteiger partial charge in [-0.3, -0.25) is 0 Å². The monoisotopic (exact) mass is 338 g/mol. The summed E-state index contributed by atoms with van der Waals surface area (Å²) in [5, 5.41) is 0. The molecular weight excluding hydrogens is 288 g/mol. The van der Waals surface area contributed by atoms with Crippen molar-refractivity contribution >= 4 is 0 Å². The summed E-state index contributed by atoms with van der Waals surface area (Å²) < 4.78 is 0. The highest BCUT2D eigenvalue weighted by atomic mass is 14.5. The summed E-state index contributed by atoms with van der Waals surface area (Å²) in [5.41, 5.74) is 1.21. The zero-order chi connectivity index (χ0) is 18.5. The van der Waals surface area contributed by atoms with Gasteiger partial charge >= 0.3 is 0 Å². The zero-order valence-corrected chi connectivity index (χ0v) is 18.5. The van der Waals surface area contributed by atoms with Crippen molar-refractivity contribution in [2.75, 3.05) is 0 Å². The van der Waals surface area contributed by atoms with E-state index in [2.05, 4.69) is 48.5 Å². The molecule has 0 aliphatic rings. The number of hydrogen-bond donors (Lipinski definition) is 0. The van der Waals surface area contributed by atoms with Gasteiger partial charge in [-0.25, -0.2) is 0 Å². The van der Waals surface area contributed by atoms with E-state index >= 15 is 0 Å². The van der Waals surface area contributed by atoms with Gasteiger partial charge in [0.25, 0.3) is 0 Å². The van der Waals surface area contributed by atoms with Crippen LogP contribution in [-0.2, 0) is 0 Å². The molecule has 0 fully saturated rings. The van der Waals surface area contributed by atoms with E-state index in [1.54, 1.807) is 0 Å². The van der Waals surface area contributed by atoms with Crippen molar-refractivity contribution < 1.29 is 0 Å². The Morgan fingerprint density at radius 3 is 0.833 bits per heavy atom. The van der Waals surface area contributed by atoms with Gasteiger partial charge in [0.15, 0.2) is 0 Å². The molecule has 0 atom stereocenters. The van der Waals surface area contributed by atoms with Crippen molar-refractivity contribution in [1.29, 1.82) is 0 Å². The Morgan fingerprint density at radius 2 is 0.667 bits per heavy atom. The summed E-state index contributed by atoms with van der Waals surface area (Å²) in [5.74, 6) is 0.940. The summed E-state index contributed by atoms with van der Waals surface area (Å²) in [6.07, 6.45) is 19.7. The smallest absolute Gasteiger partial charge is 0.0264 e. The van der Waals surface area contributed by atoms with Crippen molar-refractivity contribution in [2.24, 2.45) is 16.7 Å². The minimum atomic E-state index is 0.605. The highest BCUT2D eigenvalue weighted by Crippen LogP contribution is 2.57. The third kappa shape index (κ3) is 6.38. The molecule has 0 nitrogen and oxygen atoms in total. The van der Waals surface area contributed by atoms with Gasteiger partial charge in [-0.2, -0.15) is 0 Å². The minimum absolute atomic E-state index is 0.605. The van der Waals surface area contributed by atoms with Crippen molar-refractivity contribution in [2.45, 2.75) is 138 Å². The quantitative estimate of drug-likeness (QED) is 0.263. The average Bonchev–Trinajstić information content (AvgIpc) is 2.54. The Bertz CT molecular complexity index is 218. The van der Waals surface area contributed by atoms with Gasteiger partial charge in [0, 0.05) is 0 Å². The highest BCUT2D eigenvalue weighted by molar-refractivity contribution is 4.97. The SMILES string of the molecule is CCCC(C(CCC)(CCC)CCC)C(CCC)(CCC)CCC. The van der Waals surface area contributed by atoms with Gasteiger partial charge in [0.1, 0.15) is 0 Å². The summed E-state index contributed by atoms with van der Waals surface area (Å²) in [7, 11) is 0. The van der Waals surface area contributed by atoms with Crippen molar-refractivity contribution in [1.82, 2.24) is 0 Å². The van der Waals surface area contributed by atoms with Gasteiger partial charge in [-0.1, -0.05) is 93.4 Å². The molecule has 0 N–H and O–H groups in total. The summed E-state index contributed by atoms with van der Waals surface area (Å²) >= 11 is 0. The molecule has 0 radical (unpaired) electrons. The van der Waals surface area contributed by atoms with Crippen LogP contribution in [0.15, 0.2) is 0 Å². The van der Waals surface area contributed by atoms with Crippen LogP contribution in [0.5, 0.6) is 0 Å². The Kier molecular flexibility index (Phi) is 13.2. The first-order chi connectivity index (χ1) is 11.6. The maximum absolute atomic E-state index is 2.43. The number of hydrogen-bond acceptors (Lipinski definition) is 0. The van der Waals surface area contributed by atoms with Crippen LogP contribution in [-0.4, -0.2) is 0 Å². The maximum atomic E-state index is 2.43. The highest BCUT2D eigenvalue weighted by Gasteiger charge is 2.47. The van der Waals surface area contributed by atoms with Crippen LogP contribution >= 0.6 is 0 Å². The van der Waals surface area contributed by atoms with E-state index in [1.165, 1.54) is 89.9 Å². The first-order valence-electron chi connectivity index (χ1n) is 11.6. The second kappa shape index (κ2) is 13.2. The fourth-order valence-corrected chi connectivity index (χ4v) is 6.33. The summed E-state index contributed by atoms with van der Waals surface area (Å²) in [6.45, 7) is 17.0.